The number of fused-ring (bicyclic) bond motifs is 1. The summed E-state index contributed by atoms with van der Waals surface area (Å²) in [7, 11) is 0. The maximum absolute atomic E-state index is 13.3. The fraction of sp³-hybridized carbons (Fsp3) is 0.333. The van der Waals surface area contributed by atoms with Gasteiger partial charge in [0.1, 0.15) is 5.41 Å². The standard InChI is InChI=1S/C21H20O2/c22-19(15-9-3-1-4-10-15)21(17-13-7-8-14-18(17)21)20(23)16-11-5-2-6-12-16/h1-6,9-12,17-18H,7-8,13-14H2. The molecule has 0 bridgehead atoms. The van der Waals surface area contributed by atoms with Crippen LogP contribution in [0.1, 0.15) is 46.4 Å². The van der Waals surface area contributed by atoms with Gasteiger partial charge in [-0.25, -0.2) is 0 Å². The number of Topliss-reactive ketones (excluding diaryl/α,β-unsaturated/α-hetero) is 2. The molecule has 2 aliphatic carbocycles. The van der Waals surface area contributed by atoms with Crippen LogP contribution in [0.25, 0.3) is 0 Å². The van der Waals surface area contributed by atoms with Gasteiger partial charge in [0.2, 0.25) is 0 Å². The molecule has 2 aliphatic rings. The summed E-state index contributed by atoms with van der Waals surface area (Å²) in [6, 6.07) is 18.7. The van der Waals surface area contributed by atoms with Gasteiger partial charge in [-0.2, -0.15) is 0 Å². The molecular weight excluding hydrogens is 284 g/mol. The largest absolute Gasteiger partial charge is 0.293 e. The predicted molar refractivity (Wildman–Crippen MR) is 89.4 cm³/mol. The van der Waals surface area contributed by atoms with Gasteiger partial charge in [-0.05, 0) is 24.7 Å². The van der Waals surface area contributed by atoms with E-state index in [-0.39, 0.29) is 23.4 Å². The molecule has 116 valence electrons. The van der Waals surface area contributed by atoms with Crippen LogP contribution in [0, 0.1) is 17.3 Å². The van der Waals surface area contributed by atoms with Gasteiger partial charge < -0.3 is 0 Å². The molecule has 23 heavy (non-hydrogen) atoms. The van der Waals surface area contributed by atoms with E-state index >= 15 is 0 Å². The molecule has 2 atom stereocenters. The van der Waals surface area contributed by atoms with Crippen LogP contribution >= 0.6 is 0 Å². The third-order valence-electron chi connectivity index (χ3n) is 5.65. The van der Waals surface area contributed by atoms with Crippen LogP contribution < -0.4 is 0 Å². The van der Waals surface area contributed by atoms with E-state index < -0.39 is 5.41 Å². The molecule has 4 rings (SSSR count). The Morgan fingerprint density at radius 2 is 1.09 bits per heavy atom. The molecule has 0 aromatic heterocycles. The number of carbonyl (C=O) groups is 2. The zero-order valence-electron chi connectivity index (χ0n) is 13.1. The van der Waals surface area contributed by atoms with Gasteiger partial charge in [0.05, 0.1) is 0 Å². The van der Waals surface area contributed by atoms with E-state index in [4.69, 9.17) is 0 Å². The molecule has 2 heteroatoms. The average molecular weight is 304 g/mol. The second-order valence-corrected chi connectivity index (χ2v) is 6.76. The van der Waals surface area contributed by atoms with Crippen molar-refractivity contribution in [1.82, 2.24) is 0 Å². The molecule has 0 spiro atoms. The zero-order valence-corrected chi connectivity index (χ0v) is 13.1. The summed E-state index contributed by atoms with van der Waals surface area (Å²) in [5.74, 6) is 0.529. The van der Waals surface area contributed by atoms with Crippen LogP contribution in [0.3, 0.4) is 0 Å². The average Bonchev–Trinajstić information content (AvgIpc) is 3.32. The molecule has 0 saturated heterocycles. The van der Waals surface area contributed by atoms with Crippen molar-refractivity contribution < 1.29 is 9.59 Å². The Kier molecular flexibility index (Phi) is 3.41. The fourth-order valence-corrected chi connectivity index (χ4v) is 4.56. The van der Waals surface area contributed by atoms with E-state index in [0.29, 0.717) is 11.1 Å². The summed E-state index contributed by atoms with van der Waals surface area (Å²) >= 11 is 0. The van der Waals surface area contributed by atoms with E-state index in [1.165, 1.54) is 0 Å². The van der Waals surface area contributed by atoms with Gasteiger partial charge >= 0.3 is 0 Å². The normalized spacial score (nSPS) is 24.5. The van der Waals surface area contributed by atoms with E-state index in [0.717, 1.165) is 25.7 Å². The SMILES string of the molecule is O=C(c1ccccc1)C1(C(=O)c2ccccc2)C2CCCCC21. The lowest BCUT2D eigenvalue weighted by atomic mass is 9.83. The van der Waals surface area contributed by atoms with Crippen molar-refractivity contribution in [2.45, 2.75) is 25.7 Å². The highest BCUT2D eigenvalue weighted by Gasteiger charge is 2.72. The van der Waals surface area contributed by atoms with Gasteiger partial charge in [0.15, 0.2) is 11.6 Å². The van der Waals surface area contributed by atoms with Gasteiger partial charge in [0.25, 0.3) is 0 Å². The molecule has 0 radical (unpaired) electrons. The monoisotopic (exact) mass is 304 g/mol. The van der Waals surface area contributed by atoms with Crippen molar-refractivity contribution >= 4 is 11.6 Å². The molecule has 2 fully saturated rings. The third-order valence-corrected chi connectivity index (χ3v) is 5.65. The van der Waals surface area contributed by atoms with E-state index in [1.807, 2.05) is 60.7 Å². The number of rotatable bonds is 4. The summed E-state index contributed by atoms with van der Waals surface area (Å²) in [4.78, 5) is 26.6. The highest BCUT2D eigenvalue weighted by molar-refractivity contribution is 6.22. The molecule has 2 saturated carbocycles. The number of hydrogen-bond acceptors (Lipinski definition) is 2. The molecule has 0 N–H and O–H groups in total. The number of hydrogen-bond donors (Lipinski definition) is 0. The Labute approximate surface area is 136 Å². The van der Waals surface area contributed by atoms with Crippen LogP contribution in [0.15, 0.2) is 60.7 Å². The first-order valence-corrected chi connectivity index (χ1v) is 8.46. The van der Waals surface area contributed by atoms with E-state index in [9.17, 15) is 9.59 Å². The van der Waals surface area contributed by atoms with Gasteiger partial charge in [-0.1, -0.05) is 73.5 Å². The highest BCUT2D eigenvalue weighted by Crippen LogP contribution is 2.67. The summed E-state index contributed by atoms with van der Waals surface area (Å²) in [5.41, 5.74) is 0.538. The van der Waals surface area contributed by atoms with Crippen molar-refractivity contribution in [1.29, 1.82) is 0 Å². The topological polar surface area (TPSA) is 34.1 Å². The Balaban J connectivity index is 1.78. The molecule has 2 aromatic rings. The van der Waals surface area contributed by atoms with Crippen LogP contribution in [0.4, 0.5) is 0 Å². The maximum atomic E-state index is 13.3. The van der Waals surface area contributed by atoms with Gasteiger partial charge in [0, 0.05) is 11.1 Å². The summed E-state index contributed by atoms with van der Waals surface area (Å²) in [6.45, 7) is 0. The Morgan fingerprint density at radius 1 is 0.696 bits per heavy atom. The second kappa shape index (κ2) is 5.45. The van der Waals surface area contributed by atoms with Gasteiger partial charge in [-0.15, -0.1) is 0 Å². The summed E-state index contributed by atoms with van der Waals surface area (Å²) < 4.78 is 0. The van der Waals surface area contributed by atoms with Crippen LogP contribution in [0.2, 0.25) is 0 Å². The number of ketones is 2. The quantitative estimate of drug-likeness (QED) is 0.613. The smallest absolute Gasteiger partial charge is 0.177 e. The molecule has 0 amide bonds. The minimum atomic E-state index is -0.806. The number of benzene rings is 2. The molecule has 2 nitrogen and oxygen atoms in total. The fourth-order valence-electron chi connectivity index (χ4n) is 4.56. The lowest BCUT2D eigenvalue weighted by Gasteiger charge is -2.16. The molecule has 0 heterocycles. The summed E-state index contributed by atoms with van der Waals surface area (Å²) in [5, 5.41) is 0. The minimum absolute atomic E-state index is 0.0313. The first-order chi connectivity index (χ1) is 11.3. The van der Waals surface area contributed by atoms with Crippen molar-refractivity contribution in [3.05, 3.63) is 71.8 Å². The third kappa shape index (κ3) is 2.08. The lowest BCUT2D eigenvalue weighted by molar-refractivity contribution is 0.0754. The Morgan fingerprint density at radius 3 is 1.48 bits per heavy atom. The number of carbonyl (C=O) groups excluding carboxylic acids is 2. The summed E-state index contributed by atoms with van der Waals surface area (Å²) in [6.07, 6.45) is 4.27. The maximum Gasteiger partial charge on any atom is 0.177 e. The van der Waals surface area contributed by atoms with Crippen LogP contribution in [-0.2, 0) is 0 Å². The van der Waals surface area contributed by atoms with Crippen molar-refractivity contribution in [2.75, 3.05) is 0 Å². The van der Waals surface area contributed by atoms with Crippen LogP contribution in [0.5, 0.6) is 0 Å². The predicted octanol–water partition coefficient (Wildman–Crippen LogP) is 4.56. The molecule has 0 aliphatic heterocycles. The molecular formula is C21H20O2. The Bertz CT molecular complexity index is 667. The van der Waals surface area contributed by atoms with E-state index in [1.54, 1.807) is 0 Å². The van der Waals surface area contributed by atoms with Crippen molar-refractivity contribution in [2.24, 2.45) is 17.3 Å². The van der Waals surface area contributed by atoms with Gasteiger partial charge in [-0.3, -0.25) is 9.59 Å². The Hall–Kier alpha value is -2.22. The minimum Gasteiger partial charge on any atom is -0.293 e. The van der Waals surface area contributed by atoms with E-state index in [2.05, 4.69) is 0 Å². The highest BCUT2D eigenvalue weighted by atomic mass is 16.2. The van der Waals surface area contributed by atoms with Crippen molar-refractivity contribution in [3.8, 4) is 0 Å². The first kappa shape index (κ1) is 14.4. The zero-order chi connectivity index (χ0) is 15.9. The first-order valence-electron chi connectivity index (χ1n) is 8.46. The molecule has 2 unspecified atom stereocenters. The second-order valence-electron chi connectivity index (χ2n) is 6.76. The van der Waals surface area contributed by atoms with Crippen LogP contribution in [-0.4, -0.2) is 11.6 Å². The lowest BCUT2D eigenvalue weighted by Crippen LogP contribution is -2.30. The molecule has 2 aromatic carbocycles. The van der Waals surface area contributed by atoms with Crippen molar-refractivity contribution in [3.63, 3.8) is 0 Å².